The molecule has 16 heavy (non-hydrogen) atoms. The van der Waals surface area contributed by atoms with E-state index >= 15 is 0 Å². The highest BCUT2D eigenvalue weighted by Crippen LogP contribution is 2.38. The first-order valence-electron chi connectivity index (χ1n) is 5.55. The van der Waals surface area contributed by atoms with Crippen molar-refractivity contribution in [3.8, 4) is 0 Å². The number of aryl methyl sites for hydroxylation is 1. The largest absolute Gasteiger partial charge is 0.394 e. The number of hydrogen-bond donors (Lipinski definition) is 1. The maximum Gasteiger partial charge on any atom is 0.164 e. The van der Waals surface area contributed by atoms with E-state index in [9.17, 15) is 5.11 Å². The normalized spacial score (nSPS) is 28.2. The van der Waals surface area contributed by atoms with Gasteiger partial charge in [-0.25, -0.2) is 0 Å². The van der Waals surface area contributed by atoms with Gasteiger partial charge in [0.15, 0.2) is 5.79 Å². The van der Waals surface area contributed by atoms with Gasteiger partial charge in [-0.05, 0) is 31.9 Å². The van der Waals surface area contributed by atoms with E-state index in [1.165, 1.54) is 0 Å². The monoisotopic (exact) mass is 222 g/mol. The lowest BCUT2D eigenvalue weighted by molar-refractivity contribution is -0.149. The smallest absolute Gasteiger partial charge is 0.164 e. The molecule has 1 fully saturated rings. The molecule has 1 aliphatic rings. The van der Waals surface area contributed by atoms with Crippen molar-refractivity contribution >= 4 is 0 Å². The van der Waals surface area contributed by atoms with Crippen LogP contribution in [0.1, 0.15) is 31.1 Å². The summed E-state index contributed by atoms with van der Waals surface area (Å²) in [4.78, 5) is 0. The van der Waals surface area contributed by atoms with Crippen LogP contribution in [0.2, 0.25) is 0 Å². The Labute approximate surface area is 96.0 Å². The molecule has 2 rings (SSSR count). The second kappa shape index (κ2) is 4.17. The fourth-order valence-corrected chi connectivity index (χ4v) is 2.14. The Kier molecular flexibility index (Phi) is 3.02. The lowest BCUT2D eigenvalue weighted by Crippen LogP contribution is -2.23. The Bertz CT molecular complexity index is 373. The quantitative estimate of drug-likeness (QED) is 0.833. The van der Waals surface area contributed by atoms with Gasteiger partial charge in [0, 0.05) is 0 Å². The molecule has 0 saturated carbocycles. The van der Waals surface area contributed by atoms with Crippen LogP contribution in [-0.2, 0) is 9.47 Å². The molecule has 0 unspecified atom stereocenters. The van der Waals surface area contributed by atoms with E-state index in [0.29, 0.717) is 0 Å². The molecule has 1 saturated heterocycles. The van der Waals surface area contributed by atoms with Crippen molar-refractivity contribution < 1.29 is 14.6 Å². The Morgan fingerprint density at radius 2 is 1.94 bits per heavy atom. The molecule has 1 N–H and O–H groups in total. The van der Waals surface area contributed by atoms with Gasteiger partial charge in [0.05, 0.1) is 6.61 Å². The van der Waals surface area contributed by atoms with E-state index in [2.05, 4.69) is 0 Å². The molecule has 3 heteroatoms. The summed E-state index contributed by atoms with van der Waals surface area (Å²) in [6, 6.07) is 8.03. The van der Waals surface area contributed by atoms with Crippen molar-refractivity contribution in [1.29, 1.82) is 0 Å². The van der Waals surface area contributed by atoms with Crippen molar-refractivity contribution in [2.24, 2.45) is 0 Å². The van der Waals surface area contributed by atoms with Crippen molar-refractivity contribution in [2.75, 3.05) is 6.61 Å². The number of aliphatic hydroxyl groups excluding tert-OH is 1. The molecule has 1 aromatic rings. The molecule has 0 bridgehead atoms. The Balaban J connectivity index is 2.30. The van der Waals surface area contributed by atoms with Crippen LogP contribution >= 0.6 is 0 Å². The maximum atomic E-state index is 9.32. The van der Waals surface area contributed by atoms with Crippen molar-refractivity contribution in [2.45, 2.75) is 38.8 Å². The number of benzene rings is 1. The van der Waals surface area contributed by atoms with Crippen LogP contribution in [0.3, 0.4) is 0 Å². The van der Waals surface area contributed by atoms with Crippen molar-refractivity contribution in [3.05, 3.63) is 35.4 Å². The zero-order valence-corrected chi connectivity index (χ0v) is 9.93. The molecule has 0 amide bonds. The summed E-state index contributed by atoms with van der Waals surface area (Å²) >= 11 is 0. The summed E-state index contributed by atoms with van der Waals surface area (Å²) in [5.74, 6) is -0.625. The summed E-state index contributed by atoms with van der Waals surface area (Å²) < 4.78 is 11.5. The van der Waals surface area contributed by atoms with Crippen LogP contribution in [0.25, 0.3) is 0 Å². The van der Waals surface area contributed by atoms with E-state index in [-0.39, 0.29) is 18.8 Å². The Morgan fingerprint density at radius 3 is 2.56 bits per heavy atom. The minimum absolute atomic E-state index is 0.0254. The van der Waals surface area contributed by atoms with E-state index < -0.39 is 5.79 Å². The van der Waals surface area contributed by atoms with Gasteiger partial charge >= 0.3 is 0 Å². The summed E-state index contributed by atoms with van der Waals surface area (Å²) in [6.45, 7) is 5.75. The lowest BCUT2D eigenvalue weighted by atomic mass is 10.00. The molecular formula is C13H18O3. The minimum Gasteiger partial charge on any atom is -0.394 e. The van der Waals surface area contributed by atoms with Crippen LogP contribution in [0.5, 0.6) is 0 Å². The average molecular weight is 222 g/mol. The molecule has 3 nitrogen and oxygen atoms in total. The molecule has 88 valence electrons. The highest BCUT2D eigenvalue weighted by Gasteiger charge is 2.41. The van der Waals surface area contributed by atoms with Gasteiger partial charge < -0.3 is 14.6 Å². The molecule has 1 aliphatic heterocycles. The second-order valence-corrected chi connectivity index (χ2v) is 4.63. The van der Waals surface area contributed by atoms with E-state index in [0.717, 1.165) is 11.1 Å². The van der Waals surface area contributed by atoms with E-state index in [1.54, 1.807) is 0 Å². The number of hydrogen-bond acceptors (Lipinski definition) is 3. The molecule has 0 aromatic heterocycles. The predicted octanol–water partition coefficient (Wildman–Crippen LogP) is 2.18. The second-order valence-electron chi connectivity index (χ2n) is 4.63. The first-order valence-corrected chi connectivity index (χ1v) is 5.55. The summed E-state index contributed by atoms with van der Waals surface area (Å²) in [5, 5.41) is 9.32. The standard InChI is InChI=1S/C13H18O3/c1-9-6-4-5-7-10(9)12-11(8-14)15-13(2,3)16-12/h4-7,11-12,14H,8H2,1-3H3/t11-,12-/m0/s1. The zero-order chi connectivity index (χ0) is 11.8. The van der Waals surface area contributed by atoms with Gasteiger partial charge in [0.25, 0.3) is 0 Å². The number of aliphatic hydroxyl groups is 1. The molecule has 2 atom stereocenters. The van der Waals surface area contributed by atoms with Crippen LogP contribution in [-0.4, -0.2) is 23.6 Å². The van der Waals surface area contributed by atoms with Crippen LogP contribution in [0, 0.1) is 6.92 Å². The van der Waals surface area contributed by atoms with E-state index in [1.807, 2.05) is 45.0 Å². The molecule has 1 heterocycles. The average Bonchev–Trinajstić information content (AvgIpc) is 2.54. The lowest BCUT2D eigenvalue weighted by Gasteiger charge is -2.18. The summed E-state index contributed by atoms with van der Waals surface area (Å²) in [5.41, 5.74) is 2.25. The third-order valence-corrected chi connectivity index (χ3v) is 2.86. The SMILES string of the molecule is Cc1ccccc1[C@@H]1OC(C)(C)O[C@H]1CO. The summed E-state index contributed by atoms with van der Waals surface area (Å²) in [7, 11) is 0. The highest BCUT2D eigenvalue weighted by molar-refractivity contribution is 5.29. The number of ether oxygens (including phenoxy) is 2. The predicted molar refractivity (Wildman–Crippen MR) is 61.0 cm³/mol. The Hall–Kier alpha value is -0.900. The van der Waals surface area contributed by atoms with Gasteiger partial charge in [-0.1, -0.05) is 24.3 Å². The topological polar surface area (TPSA) is 38.7 Å². The van der Waals surface area contributed by atoms with Gasteiger partial charge in [0.1, 0.15) is 12.2 Å². The van der Waals surface area contributed by atoms with Gasteiger partial charge in [-0.15, -0.1) is 0 Å². The van der Waals surface area contributed by atoms with Crippen molar-refractivity contribution in [3.63, 3.8) is 0 Å². The third-order valence-electron chi connectivity index (χ3n) is 2.86. The Morgan fingerprint density at radius 1 is 1.25 bits per heavy atom. The molecule has 0 spiro atoms. The zero-order valence-electron chi connectivity index (χ0n) is 9.93. The summed E-state index contributed by atoms with van der Waals surface area (Å²) in [6.07, 6.45) is -0.461. The first kappa shape index (κ1) is 11.6. The van der Waals surface area contributed by atoms with Gasteiger partial charge in [-0.2, -0.15) is 0 Å². The molecular weight excluding hydrogens is 204 g/mol. The molecule has 0 radical (unpaired) electrons. The maximum absolute atomic E-state index is 9.32. The van der Waals surface area contributed by atoms with Crippen LogP contribution in [0.15, 0.2) is 24.3 Å². The fraction of sp³-hybridized carbons (Fsp3) is 0.538. The number of rotatable bonds is 2. The van der Waals surface area contributed by atoms with Crippen LogP contribution < -0.4 is 0 Å². The van der Waals surface area contributed by atoms with Crippen LogP contribution in [0.4, 0.5) is 0 Å². The third kappa shape index (κ3) is 2.12. The molecule has 1 aromatic carbocycles. The first-order chi connectivity index (χ1) is 7.53. The molecule has 0 aliphatic carbocycles. The minimum atomic E-state index is -0.625. The fourth-order valence-electron chi connectivity index (χ4n) is 2.14. The van der Waals surface area contributed by atoms with Gasteiger partial charge in [-0.3, -0.25) is 0 Å². The van der Waals surface area contributed by atoms with Gasteiger partial charge in [0.2, 0.25) is 0 Å². The van der Waals surface area contributed by atoms with Crippen molar-refractivity contribution in [1.82, 2.24) is 0 Å². The van der Waals surface area contributed by atoms with E-state index in [4.69, 9.17) is 9.47 Å². The highest BCUT2D eigenvalue weighted by atomic mass is 16.8.